The van der Waals surface area contributed by atoms with Gasteiger partial charge in [0.05, 0.1) is 26.3 Å². The van der Waals surface area contributed by atoms with Gasteiger partial charge in [-0.1, -0.05) is 0 Å². The van der Waals surface area contributed by atoms with Crippen molar-refractivity contribution >= 4 is 6.08 Å². The van der Waals surface area contributed by atoms with Crippen LogP contribution in [0.3, 0.4) is 0 Å². The van der Waals surface area contributed by atoms with Gasteiger partial charge in [-0.05, 0) is 13.0 Å². The zero-order chi connectivity index (χ0) is 13.7. The summed E-state index contributed by atoms with van der Waals surface area (Å²) in [5.41, 5.74) is 1.30. The van der Waals surface area contributed by atoms with Crippen molar-refractivity contribution in [2.75, 3.05) is 21.3 Å². The fraction of sp³-hybridized carbons (Fsp3) is 0.333. The van der Waals surface area contributed by atoms with Crippen LogP contribution in [0, 0.1) is 17.0 Å². The first-order valence-electron chi connectivity index (χ1n) is 5.16. The van der Waals surface area contributed by atoms with Crippen LogP contribution in [0.25, 0.3) is 6.08 Å². The van der Waals surface area contributed by atoms with Crippen LogP contribution in [0.5, 0.6) is 17.2 Å². The Morgan fingerprint density at radius 2 is 1.78 bits per heavy atom. The third-order valence-corrected chi connectivity index (χ3v) is 2.47. The maximum atomic E-state index is 10.4. The van der Waals surface area contributed by atoms with Crippen molar-refractivity contribution in [1.29, 1.82) is 0 Å². The van der Waals surface area contributed by atoms with Gasteiger partial charge in [0.15, 0.2) is 11.5 Å². The minimum atomic E-state index is -0.543. The number of hydrogen-bond acceptors (Lipinski definition) is 5. The molecular formula is C12H15NO5. The summed E-state index contributed by atoms with van der Waals surface area (Å²) < 4.78 is 15.7. The largest absolute Gasteiger partial charge is 0.496 e. The molecule has 1 rings (SSSR count). The second kappa shape index (κ2) is 5.90. The van der Waals surface area contributed by atoms with Crippen LogP contribution in [0.1, 0.15) is 11.1 Å². The quantitative estimate of drug-likeness (QED) is 0.594. The Hall–Kier alpha value is -2.24. The number of hydrogen-bond donors (Lipinski definition) is 0. The minimum Gasteiger partial charge on any atom is -0.496 e. The Balaban J connectivity index is 3.44. The maximum Gasteiger partial charge on any atom is 0.235 e. The Kier molecular flexibility index (Phi) is 4.53. The Labute approximate surface area is 105 Å². The molecule has 0 bridgehead atoms. The molecule has 6 heteroatoms. The Morgan fingerprint density at radius 3 is 2.22 bits per heavy atom. The molecule has 0 saturated carbocycles. The first kappa shape index (κ1) is 13.8. The molecule has 0 amide bonds. The molecule has 0 radical (unpaired) electrons. The highest BCUT2D eigenvalue weighted by atomic mass is 16.6. The molecule has 0 heterocycles. The van der Waals surface area contributed by atoms with Gasteiger partial charge in [-0.3, -0.25) is 10.1 Å². The van der Waals surface area contributed by atoms with Crippen LogP contribution in [-0.2, 0) is 0 Å². The number of nitrogens with zero attached hydrogens (tertiary/aromatic N) is 1. The average molecular weight is 253 g/mol. The third-order valence-electron chi connectivity index (χ3n) is 2.47. The third kappa shape index (κ3) is 2.71. The van der Waals surface area contributed by atoms with Crippen molar-refractivity contribution in [2.45, 2.75) is 6.92 Å². The predicted octanol–water partition coefficient (Wildman–Crippen LogP) is 2.27. The topological polar surface area (TPSA) is 70.8 Å². The highest BCUT2D eigenvalue weighted by Gasteiger charge is 2.16. The summed E-state index contributed by atoms with van der Waals surface area (Å²) in [7, 11) is 4.51. The lowest BCUT2D eigenvalue weighted by Crippen LogP contribution is -1.99. The minimum absolute atomic E-state index is 0.439. The number of nitro groups is 1. The molecule has 6 nitrogen and oxygen atoms in total. The van der Waals surface area contributed by atoms with Gasteiger partial charge in [0.1, 0.15) is 5.75 Å². The van der Waals surface area contributed by atoms with E-state index in [2.05, 4.69) is 0 Å². The molecule has 0 aliphatic heterocycles. The van der Waals surface area contributed by atoms with Gasteiger partial charge >= 0.3 is 0 Å². The lowest BCUT2D eigenvalue weighted by atomic mass is 10.1. The van der Waals surface area contributed by atoms with Crippen molar-refractivity contribution in [3.05, 3.63) is 33.5 Å². The molecular weight excluding hydrogens is 238 g/mol. The molecule has 0 fully saturated rings. The molecule has 0 aliphatic carbocycles. The van der Waals surface area contributed by atoms with Crippen LogP contribution >= 0.6 is 0 Å². The van der Waals surface area contributed by atoms with Gasteiger partial charge in [0.25, 0.3) is 0 Å². The van der Waals surface area contributed by atoms with Crippen molar-refractivity contribution < 1.29 is 19.1 Å². The van der Waals surface area contributed by atoms with Crippen LogP contribution < -0.4 is 14.2 Å². The second-order valence-corrected chi connectivity index (χ2v) is 3.46. The molecule has 1 aromatic carbocycles. The first-order chi connectivity index (χ1) is 8.54. The molecule has 0 atom stereocenters. The van der Waals surface area contributed by atoms with Crippen molar-refractivity contribution in [1.82, 2.24) is 0 Å². The van der Waals surface area contributed by atoms with E-state index < -0.39 is 4.92 Å². The van der Waals surface area contributed by atoms with Gasteiger partial charge in [-0.15, -0.1) is 0 Å². The summed E-state index contributed by atoms with van der Waals surface area (Å²) in [6.07, 6.45) is 2.18. The fourth-order valence-electron chi connectivity index (χ4n) is 1.66. The van der Waals surface area contributed by atoms with Gasteiger partial charge in [-0.25, -0.2) is 0 Å². The molecule has 0 saturated heterocycles. The molecule has 0 unspecified atom stereocenters. The van der Waals surface area contributed by atoms with Gasteiger partial charge in [0, 0.05) is 17.2 Å². The van der Waals surface area contributed by atoms with E-state index in [0.29, 0.717) is 22.8 Å². The second-order valence-electron chi connectivity index (χ2n) is 3.46. The zero-order valence-electron chi connectivity index (χ0n) is 10.7. The lowest BCUT2D eigenvalue weighted by Gasteiger charge is -2.15. The van der Waals surface area contributed by atoms with Crippen LogP contribution in [-0.4, -0.2) is 26.3 Å². The van der Waals surface area contributed by atoms with E-state index in [4.69, 9.17) is 14.2 Å². The monoisotopic (exact) mass is 253 g/mol. The highest BCUT2D eigenvalue weighted by molar-refractivity contribution is 5.67. The van der Waals surface area contributed by atoms with Gasteiger partial charge in [0.2, 0.25) is 6.20 Å². The zero-order valence-corrected chi connectivity index (χ0v) is 10.7. The van der Waals surface area contributed by atoms with E-state index in [1.807, 2.05) is 6.92 Å². The number of benzene rings is 1. The Bertz CT molecular complexity index is 482. The maximum absolute atomic E-state index is 10.4. The van der Waals surface area contributed by atoms with E-state index in [0.717, 1.165) is 11.8 Å². The predicted molar refractivity (Wildman–Crippen MR) is 66.9 cm³/mol. The number of ether oxygens (including phenoxy) is 3. The van der Waals surface area contributed by atoms with E-state index in [-0.39, 0.29) is 0 Å². The fourth-order valence-corrected chi connectivity index (χ4v) is 1.66. The van der Waals surface area contributed by atoms with Gasteiger partial charge in [-0.2, -0.15) is 0 Å². The lowest BCUT2D eigenvalue weighted by molar-refractivity contribution is -0.400. The van der Waals surface area contributed by atoms with Gasteiger partial charge < -0.3 is 14.2 Å². The van der Waals surface area contributed by atoms with Crippen molar-refractivity contribution in [3.8, 4) is 17.2 Å². The molecule has 18 heavy (non-hydrogen) atoms. The van der Waals surface area contributed by atoms with Crippen LogP contribution in [0.4, 0.5) is 0 Å². The first-order valence-corrected chi connectivity index (χ1v) is 5.16. The van der Waals surface area contributed by atoms with Crippen molar-refractivity contribution in [2.24, 2.45) is 0 Å². The smallest absolute Gasteiger partial charge is 0.235 e. The average Bonchev–Trinajstić information content (AvgIpc) is 2.36. The summed E-state index contributed by atoms with van der Waals surface area (Å²) >= 11 is 0. The van der Waals surface area contributed by atoms with E-state index in [1.165, 1.54) is 27.4 Å². The summed E-state index contributed by atoms with van der Waals surface area (Å²) in [4.78, 5) is 9.82. The normalized spacial score (nSPS) is 10.4. The molecule has 0 aliphatic rings. The molecule has 1 aromatic rings. The van der Waals surface area contributed by atoms with Crippen LogP contribution in [0.15, 0.2) is 12.3 Å². The molecule has 0 aromatic heterocycles. The SMILES string of the molecule is COc1cc(/C=C/[N+](=O)[O-])c(OC)c(OC)c1C. The highest BCUT2D eigenvalue weighted by Crippen LogP contribution is 2.40. The molecule has 0 spiro atoms. The molecule has 98 valence electrons. The summed E-state index contributed by atoms with van der Waals surface area (Å²) in [6, 6.07) is 1.66. The summed E-state index contributed by atoms with van der Waals surface area (Å²) in [5, 5.41) is 10.4. The molecule has 0 N–H and O–H groups in total. The van der Waals surface area contributed by atoms with E-state index in [1.54, 1.807) is 6.07 Å². The van der Waals surface area contributed by atoms with Crippen molar-refractivity contribution in [3.63, 3.8) is 0 Å². The van der Waals surface area contributed by atoms with Crippen LogP contribution in [0.2, 0.25) is 0 Å². The van der Waals surface area contributed by atoms with E-state index >= 15 is 0 Å². The Morgan fingerprint density at radius 1 is 1.17 bits per heavy atom. The standard InChI is InChI=1S/C12H15NO5/c1-8-10(16-2)7-9(5-6-13(14)15)12(18-4)11(8)17-3/h5-7H,1-4H3/b6-5+. The van der Waals surface area contributed by atoms with E-state index in [9.17, 15) is 10.1 Å². The number of methoxy groups -OCH3 is 3. The number of rotatable bonds is 5. The summed E-state index contributed by atoms with van der Waals surface area (Å²) in [5.74, 6) is 1.52. The summed E-state index contributed by atoms with van der Waals surface area (Å²) in [6.45, 7) is 1.82.